The minimum atomic E-state index is -0.349. The number of rotatable bonds is 5. The highest BCUT2D eigenvalue weighted by atomic mass is 32.1. The smallest absolute Gasteiger partial charge is 0.340 e. The molecule has 0 radical (unpaired) electrons. The van der Waals surface area contributed by atoms with E-state index in [2.05, 4.69) is 14.8 Å². The maximum Gasteiger partial charge on any atom is 0.340 e. The van der Waals surface area contributed by atoms with Crippen LogP contribution in [0.15, 0.2) is 66.2 Å². The summed E-state index contributed by atoms with van der Waals surface area (Å²) in [6, 6.07) is 18.0. The molecule has 2 aromatic heterocycles. The van der Waals surface area contributed by atoms with Crippen molar-refractivity contribution in [3.05, 3.63) is 77.4 Å². The SMILES string of the molecule is COC(=O)c1c(CN2CCN(c3nccs3)CC2)nc2ccccc2c1-c1ccccc1. The number of para-hydroxylation sites is 1. The molecule has 3 heterocycles. The van der Waals surface area contributed by atoms with E-state index in [0.717, 1.165) is 59.0 Å². The number of hydrogen-bond donors (Lipinski definition) is 0. The Morgan fingerprint density at radius 2 is 1.78 bits per heavy atom. The summed E-state index contributed by atoms with van der Waals surface area (Å²) in [4.78, 5) is 27.0. The Hall–Kier alpha value is -3.29. The topological polar surface area (TPSA) is 58.6 Å². The Morgan fingerprint density at radius 3 is 2.50 bits per heavy atom. The molecule has 0 spiro atoms. The summed E-state index contributed by atoms with van der Waals surface area (Å²) in [5.41, 5.74) is 4.08. The summed E-state index contributed by atoms with van der Waals surface area (Å²) in [6.45, 7) is 4.17. The number of thiazole rings is 1. The molecule has 0 aliphatic carbocycles. The third-order valence-electron chi connectivity index (χ3n) is 5.85. The van der Waals surface area contributed by atoms with Crippen LogP contribution in [0.2, 0.25) is 0 Å². The van der Waals surface area contributed by atoms with Gasteiger partial charge in [-0.2, -0.15) is 0 Å². The molecule has 162 valence electrons. The summed E-state index contributed by atoms with van der Waals surface area (Å²) >= 11 is 1.67. The van der Waals surface area contributed by atoms with Gasteiger partial charge in [-0.1, -0.05) is 48.5 Å². The summed E-state index contributed by atoms with van der Waals surface area (Å²) in [6.07, 6.45) is 1.85. The monoisotopic (exact) mass is 444 g/mol. The van der Waals surface area contributed by atoms with E-state index in [1.165, 1.54) is 7.11 Å². The van der Waals surface area contributed by atoms with Crippen LogP contribution in [0.5, 0.6) is 0 Å². The zero-order valence-corrected chi connectivity index (χ0v) is 18.7. The van der Waals surface area contributed by atoms with Crippen molar-refractivity contribution in [1.82, 2.24) is 14.9 Å². The maximum absolute atomic E-state index is 13.0. The molecular formula is C25H24N4O2S. The van der Waals surface area contributed by atoms with E-state index in [4.69, 9.17) is 9.72 Å². The second kappa shape index (κ2) is 9.06. The van der Waals surface area contributed by atoms with Crippen LogP contribution in [0.4, 0.5) is 5.13 Å². The Morgan fingerprint density at radius 1 is 1.03 bits per heavy atom. The quantitative estimate of drug-likeness (QED) is 0.424. The number of carbonyl (C=O) groups is 1. The van der Waals surface area contributed by atoms with E-state index >= 15 is 0 Å². The Kier molecular flexibility index (Phi) is 5.83. The van der Waals surface area contributed by atoms with Crippen molar-refractivity contribution in [1.29, 1.82) is 0 Å². The Balaban J connectivity index is 1.53. The second-order valence-electron chi connectivity index (χ2n) is 7.76. The Labute approximate surface area is 191 Å². The number of hydrogen-bond acceptors (Lipinski definition) is 7. The van der Waals surface area contributed by atoms with Crippen molar-refractivity contribution in [3.8, 4) is 11.1 Å². The van der Waals surface area contributed by atoms with Gasteiger partial charge in [0, 0.05) is 55.3 Å². The van der Waals surface area contributed by atoms with Gasteiger partial charge in [0.15, 0.2) is 5.13 Å². The van der Waals surface area contributed by atoms with Crippen LogP contribution in [-0.2, 0) is 11.3 Å². The van der Waals surface area contributed by atoms with Crippen molar-refractivity contribution in [2.24, 2.45) is 0 Å². The molecule has 1 aliphatic heterocycles. The van der Waals surface area contributed by atoms with E-state index in [1.807, 2.05) is 66.2 Å². The summed E-state index contributed by atoms with van der Waals surface area (Å²) < 4.78 is 5.23. The molecule has 0 saturated carbocycles. The lowest BCUT2D eigenvalue weighted by atomic mass is 9.94. The Bertz CT molecular complexity index is 1220. The summed E-state index contributed by atoms with van der Waals surface area (Å²) in [5.74, 6) is -0.349. The summed E-state index contributed by atoms with van der Waals surface area (Å²) in [5, 5.41) is 4.03. The van der Waals surface area contributed by atoms with Crippen molar-refractivity contribution in [2.75, 3.05) is 38.2 Å². The van der Waals surface area contributed by atoms with Crippen LogP contribution >= 0.6 is 11.3 Å². The first kappa shape index (κ1) is 20.6. The molecule has 7 heteroatoms. The molecule has 0 bridgehead atoms. The van der Waals surface area contributed by atoms with Crippen LogP contribution in [0.3, 0.4) is 0 Å². The number of nitrogens with zero attached hydrogens (tertiary/aromatic N) is 4. The fourth-order valence-electron chi connectivity index (χ4n) is 4.28. The van der Waals surface area contributed by atoms with E-state index in [9.17, 15) is 4.79 Å². The molecule has 32 heavy (non-hydrogen) atoms. The van der Waals surface area contributed by atoms with Gasteiger partial charge in [-0.05, 0) is 11.6 Å². The second-order valence-corrected chi connectivity index (χ2v) is 8.63. The number of fused-ring (bicyclic) bond motifs is 1. The number of methoxy groups -OCH3 is 1. The number of esters is 1. The zero-order valence-electron chi connectivity index (χ0n) is 17.9. The van der Waals surface area contributed by atoms with Gasteiger partial charge in [0.25, 0.3) is 0 Å². The molecule has 0 amide bonds. The lowest BCUT2D eigenvalue weighted by molar-refractivity contribution is 0.0598. The van der Waals surface area contributed by atoms with Gasteiger partial charge < -0.3 is 9.64 Å². The standard InChI is InChI=1S/C25H24N4O2S/c1-31-24(30)23-21(17-28-12-14-29(15-13-28)25-26-11-16-32-25)27-20-10-6-5-9-19(20)22(23)18-7-3-2-4-8-18/h2-11,16H,12-15,17H2,1H3. The largest absolute Gasteiger partial charge is 0.465 e. The lowest BCUT2D eigenvalue weighted by Crippen LogP contribution is -2.46. The van der Waals surface area contributed by atoms with E-state index in [-0.39, 0.29) is 5.97 Å². The molecular weight excluding hydrogens is 420 g/mol. The van der Waals surface area contributed by atoms with Crippen LogP contribution in [0, 0.1) is 0 Å². The minimum Gasteiger partial charge on any atom is -0.465 e. The van der Waals surface area contributed by atoms with E-state index in [1.54, 1.807) is 11.3 Å². The van der Waals surface area contributed by atoms with Crippen molar-refractivity contribution >= 4 is 33.3 Å². The minimum absolute atomic E-state index is 0.349. The van der Waals surface area contributed by atoms with Crippen molar-refractivity contribution < 1.29 is 9.53 Å². The normalized spacial score (nSPS) is 14.6. The van der Waals surface area contributed by atoms with Crippen LogP contribution in [0.1, 0.15) is 16.1 Å². The first-order valence-electron chi connectivity index (χ1n) is 10.7. The molecule has 0 atom stereocenters. The molecule has 1 saturated heterocycles. The molecule has 4 aromatic rings. The van der Waals surface area contributed by atoms with Crippen molar-refractivity contribution in [2.45, 2.75) is 6.54 Å². The van der Waals surface area contributed by atoms with Gasteiger partial charge >= 0.3 is 5.97 Å². The first-order valence-corrected chi connectivity index (χ1v) is 11.5. The molecule has 0 N–H and O–H groups in total. The average Bonchev–Trinajstić information content (AvgIpc) is 3.39. The van der Waals surface area contributed by atoms with E-state index in [0.29, 0.717) is 12.1 Å². The highest BCUT2D eigenvalue weighted by Crippen LogP contribution is 2.34. The fourth-order valence-corrected chi connectivity index (χ4v) is 4.98. The van der Waals surface area contributed by atoms with Gasteiger partial charge in [-0.15, -0.1) is 11.3 Å². The van der Waals surface area contributed by atoms with Crippen molar-refractivity contribution in [3.63, 3.8) is 0 Å². The first-order chi connectivity index (χ1) is 15.7. The average molecular weight is 445 g/mol. The predicted octanol–water partition coefficient (Wildman–Crippen LogP) is 4.47. The fraction of sp³-hybridized carbons (Fsp3) is 0.240. The summed E-state index contributed by atoms with van der Waals surface area (Å²) in [7, 11) is 1.43. The van der Waals surface area contributed by atoms with Gasteiger partial charge in [0.1, 0.15) is 0 Å². The van der Waals surface area contributed by atoms with Crippen LogP contribution in [-0.4, -0.2) is 54.1 Å². The van der Waals surface area contributed by atoms with Gasteiger partial charge in [-0.25, -0.2) is 9.78 Å². The highest BCUT2D eigenvalue weighted by molar-refractivity contribution is 7.13. The number of ether oxygens (including phenoxy) is 1. The third kappa shape index (κ3) is 3.97. The number of carbonyl (C=O) groups excluding carboxylic acids is 1. The van der Waals surface area contributed by atoms with Gasteiger partial charge in [0.05, 0.1) is 23.9 Å². The van der Waals surface area contributed by atoms with Crippen LogP contribution in [0.25, 0.3) is 22.0 Å². The number of aromatic nitrogens is 2. The number of pyridine rings is 1. The molecule has 5 rings (SSSR count). The highest BCUT2D eigenvalue weighted by Gasteiger charge is 2.26. The lowest BCUT2D eigenvalue weighted by Gasteiger charge is -2.34. The third-order valence-corrected chi connectivity index (χ3v) is 6.69. The molecule has 2 aromatic carbocycles. The molecule has 6 nitrogen and oxygen atoms in total. The van der Waals surface area contributed by atoms with Gasteiger partial charge in [-0.3, -0.25) is 9.88 Å². The number of piperazine rings is 1. The number of anilines is 1. The van der Waals surface area contributed by atoms with Crippen LogP contribution < -0.4 is 4.90 Å². The maximum atomic E-state index is 13.0. The van der Waals surface area contributed by atoms with E-state index < -0.39 is 0 Å². The number of benzene rings is 2. The molecule has 1 aliphatic rings. The van der Waals surface area contributed by atoms with Gasteiger partial charge in [0.2, 0.25) is 0 Å². The molecule has 1 fully saturated rings. The molecule has 0 unspecified atom stereocenters. The zero-order chi connectivity index (χ0) is 21.9. The predicted molar refractivity (Wildman–Crippen MR) is 128 cm³/mol.